The van der Waals surface area contributed by atoms with Gasteiger partial charge < -0.3 is 48.0 Å². The van der Waals surface area contributed by atoms with Gasteiger partial charge in [0.2, 0.25) is 0 Å². The third-order valence-electron chi connectivity index (χ3n) is 15.0. The van der Waals surface area contributed by atoms with Gasteiger partial charge in [0.05, 0.1) is 86.9 Å². The number of hydrogen-bond acceptors (Lipinski definition) is 17. The molecule has 0 radical (unpaired) electrons. The third-order valence-corrected chi connectivity index (χ3v) is 15.0. The van der Waals surface area contributed by atoms with Gasteiger partial charge in [0.25, 0.3) is 0 Å². The Morgan fingerprint density at radius 3 is 1.36 bits per heavy atom. The number of ether oxygens (including phenoxy) is 6. The van der Waals surface area contributed by atoms with Gasteiger partial charge in [0.15, 0.2) is 52.1 Å². The number of rotatable bonds is 20. The van der Waals surface area contributed by atoms with E-state index in [9.17, 15) is 10.8 Å². The molecule has 0 fully saturated rings. The van der Waals surface area contributed by atoms with Crippen molar-refractivity contribution in [3.8, 4) is 34.5 Å². The molecular weight excluding hydrogens is 1030 g/mol. The zero-order valence-corrected chi connectivity index (χ0v) is 47.1. The Hall–Kier alpha value is -8.11. The molecule has 0 bridgehead atoms. The topological polar surface area (TPSA) is 242 Å². The van der Waals surface area contributed by atoms with Crippen LogP contribution >= 0.6 is 0 Å². The van der Waals surface area contributed by atoms with Crippen molar-refractivity contribution < 1.29 is 42.0 Å². The van der Waals surface area contributed by atoms with Crippen LogP contribution in [-0.4, -0.2) is 134 Å². The molecule has 0 amide bonds. The number of nitrogens with zero attached hydrogens (tertiary/aromatic N) is 10. The van der Waals surface area contributed by atoms with Gasteiger partial charge in [0.1, 0.15) is 36.4 Å². The minimum absolute atomic E-state index is 0.0644. The molecular formula is C57H70F2N14O7. The lowest BCUT2D eigenvalue weighted by Gasteiger charge is -2.37. The van der Waals surface area contributed by atoms with Gasteiger partial charge in [0, 0.05) is 37.3 Å². The highest BCUT2D eigenvalue weighted by Crippen LogP contribution is 2.49. The van der Waals surface area contributed by atoms with Crippen LogP contribution in [0.15, 0.2) is 36.4 Å². The third kappa shape index (κ3) is 10.5. The maximum Gasteiger partial charge on any atom is 0.197 e. The summed E-state index contributed by atoms with van der Waals surface area (Å²) < 4.78 is 70.3. The van der Waals surface area contributed by atoms with Crippen molar-refractivity contribution in [3.05, 3.63) is 104 Å². The van der Waals surface area contributed by atoms with E-state index in [0.717, 1.165) is 11.1 Å². The quantitative estimate of drug-likeness (QED) is 0.0564. The summed E-state index contributed by atoms with van der Waals surface area (Å²) in [5, 5.41) is 49.3. The smallest absolute Gasteiger partial charge is 0.197 e. The molecule has 0 saturated heterocycles. The number of benzene rings is 4. The molecule has 10 rings (SSSR count). The molecule has 0 spiro atoms. The van der Waals surface area contributed by atoms with Crippen molar-refractivity contribution in [2.45, 2.75) is 118 Å². The summed E-state index contributed by atoms with van der Waals surface area (Å²) in [6.45, 7) is 22.8. The second kappa shape index (κ2) is 22.2. The fourth-order valence-corrected chi connectivity index (χ4v) is 11.2. The van der Waals surface area contributed by atoms with Crippen LogP contribution in [0.1, 0.15) is 137 Å². The van der Waals surface area contributed by atoms with Crippen LogP contribution in [0.4, 0.5) is 20.2 Å². The van der Waals surface area contributed by atoms with E-state index in [2.05, 4.69) is 92.6 Å². The number of Topliss-reactive ketones (excluding diaryl/α,β-unsaturated/α-hetero) is 1. The van der Waals surface area contributed by atoms with Gasteiger partial charge in [-0.25, -0.2) is 8.78 Å². The molecule has 2 aromatic heterocycles. The van der Waals surface area contributed by atoms with Crippen molar-refractivity contribution in [2.24, 2.45) is 0 Å². The number of aromatic amines is 2. The van der Waals surface area contributed by atoms with Gasteiger partial charge in [-0.05, 0) is 85.0 Å². The predicted octanol–water partition coefficient (Wildman–Crippen LogP) is 8.10. The lowest BCUT2D eigenvalue weighted by molar-refractivity contribution is -0.122. The maximum absolute atomic E-state index is 17.0. The van der Waals surface area contributed by atoms with Gasteiger partial charge in [-0.15, -0.1) is 20.4 Å². The van der Waals surface area contributed by atoms with E-state index in [1.165, 1.54) is 0 Å². The van der Waals surface area contributed by atoms with Crippen molar-refractivity contribution in [1.82, 2.24) is 51.0 Å². The van der Waals surface area contributed by atoms with E-state index in [1.807, 2.05) is 24.3 Å². The highest BCUT2D eigenvalue weighted by atomic mass is 19.1. The standard InChI is InChI=1S/C57H70F2N14O7/c1-11-75-41-23-33-25-72(54(60)45(33)47(58)52(41)77-13-3)27-35(31-19-37(56(5,6)7)50-39(21-31)70(15-17-79-50)29-43-62-66-67-63-43)49(74)36(28-73-26-34-24-42(76-12-2)53(78-14-4)48(59)46(34)55(73)61)32-20-38(57(8,9)10)51-40(22-32)71(16-18-80-51)30-44-64-68-69-65-44/h19-24,35-36,60-61H,11-18,25-30H2,1-10H3,(H,62,63,66,67)(H,64,65,68,69). The van der Waals surface area contributed by atoms with Crippen molar-refractivity contribution in [3.63, 3.8) is 0 Å². The van der Waals surface area contributed by atoms with E-state index in [4.69, 9.17) is 28.4 Å². The number of hydrogen-bond donors (Lipinski definition) is 4. The van der Waals surface area contributed by atoms with E-state index >= 15 is 13.6 Å². The number of ketones is 1. The fourth-order valence-electron chi connectivity index (χ4n) is 11.2. The van der Waals surface area contributed by atoms with Gasteiger partial charge >= 0.3 is 0 Å². The largest absolute Gasteiger partial charge is 0.490 e. The van der Waals surface area contributed by atoms with Gasteiger partial charge in [-0.2, -0.15) is 10.4 Å². The molecule has 424 valence electrons. The van der Waals surface area contributed by atoms with Crippen LogP contribution in [0.3, 0.4) is 0 Å². The molecule has 80 heavy (non-hydrogen) atoms. The fraction of sp³-hybridized carbons (Fsp3) is 0.491. The summed E-state index contributed by atoms with van der Waals surface area (Å²) in [4.78, 5) is 24.7. The maximum atomic E-state index is 17.0. The van der Waals surface area contributed by atoms with E-state index in [-0.39, 0.29) is 117 Å². The normalized spacial score (nSPS) is 15.7. The summed E-state index contributed by atoms with van der Waals surface area (Å²) in [7, 11) is 0. The molecule has 0 aliphatic carbocycles. The summed E-state index contributed by atoms with van der Waals surface area (Å²) in [6.07, 6.45) is 0. The lowest BCUT2D eigenvalue weighted by atomic mass is 9.77. The number of amidine groups is 2. The second-order valence-corrected chi connectivity index (χ2v) is 22.3. The molecule has 4 aliphatic rings. The number of aromatic nitrogens is 8. The Labute approximate surface area is 463 Å². The number of halogens is 2. The summed E-state index contributed by atoms with van der Waals surface area (Å²) in [5.74, 6) is -1.48. The molecule has 4 aromatic carbocycles. The first-order valence-electron chi connectivity index (χ1n) is 27.3. The SMILES string of the molecule is CCOc1cc2c(c(F)c1OCC)C(=N)N(CC(C(=O)C(CN1Cc3cc(OCC)c(OCC)c(F)c3C1=N)c1cc3c(c(C(C)(C)C)c1)OCCN3Cc1nn[nH]n1)c1cc3c(c(C(C)(C)C)c1)OCCN3Cc1nn[nH]n1)C2. The number of carbonyl (C=O) groups is 1. The lowest BCUT2D eigenvalue weighted by Crippen LogP contribution is -2.39. The van der Waals surface area contributed by atoms with Crippen molar-refractivity contribution >= 4 is 28.8 Å². The zero-order chi connectivity index (χ0) is 56.8. The molecule has 0 saturated carbocycles. The van der Waals surface area contributed by atoms with Crippen molar-refractivity contribution in [1.29, 1.82) is 10.8 Å². The average molecular weight is 1100 g/mol. The first-order valence-corrected chi connectivity index (χ1v) is 27.3. The van der Waals surface area contributed by atoms with E-state index in [0.29, 0.717) is 83.1 Å². The average Bonchev–Trinajstić information content (AvgIpc) is 4.29. The van der Waals surface area contributed by atoms with Crippen LogP contribution in [-0.2, 0) is 41.8 Å². The highest BCUT2D eigenvalue weighted by Gasteiger charge is 2.43. The van der Waals surface area contributed by atoms with E-state index in [1.54, 1.807) is 49.6 Å². The minimum Gasteiger partial charge on any atom is -0.490 e. The predicted molar refractivity (Wildman–Crippen MR) is 294 cm³/mol. The van der Waals surface area contributed by atoms with Crippen LogP contribution < -0.4 is 38.2 Å². The summed E-state index contributed by atoms with van der Waals surface area (Å²) in [5.41, 5.74) is 4.46. The van der Waals surface area contributed by atoms with Gasteiger partial charge in [-0.3, -0.25) is 15.6 Å². The Morgan fingerprint density at radius 1 is 0.613 bits per heavy atom. The number of anilines is 2. The zero-order valence-electron chi connectivity index (χ0n) is 47.1. The number of fused-ring (bicyclic) bond motifs is 4. The number of tetrazole rings is 2. The van der Waals surface area contributed by atoms with Crippen LogP contribution in [0.2, 0.25) is 0 Å². The van der Waals surface area contributed by atoms with E-state index < -0.39 is 34.3 Å². The molecule has 21 nitrogen and oxygen atoms in total. The molecule has 6 aromatic rings. The minimum atomic E-state index is -1.04. The first-order chi connectivity index (χ1) is 38.3. The highest BCUT2D eigenvalue weighted by molar-refractivity contribution is 6.03. The Bertz CT molecular complexity index is 3090. The summed E-state index contributed by atoms with van der Waals surface area (Å²) >= 11 is 0. The molecule has 4 aliphatic heterocycles. The second-order valence-electron chi connectivity index (χ2n) is 22.3. The Morgan fingerprint density at radius 2 is 1.01 bits per heavy atom. The molecule has 4 N–H and O–H groups in total. The van der Waals surface area contributed by atoms with Crippen LogP contribution in [0.5, 0.6) is 34.5 Å². The first kappa shape index (κ1) is 55.2. The monoisotopic (exact) mass is 1100 g/mol. The Balaban J connectivity index is 1.17. The molecule has 2 unspecified atom stereocenters. The number of carbonyl (C=O) groups excluding carboxylic acids is 1. The van der Waals surface area contributed by atoms with Gasteiger partial charge in [-0.1, -0.05) is 64.1 Å². The Kier molecular flexibility index (Phi) is 15.3. The molecule has 6 heterocycles. The summed E-state index contributed by atoms with van der Waals surface area (Å²) in [6, 6.07) is 11.4. The number of nitrogens with one attached hydrogen (secondary N) is 4. The molecule has 2 atom stereocenters. The molecule has 23 heteroatoms. The number of H-pyrrole nitrogens is 2. The van der Waals surface area contributed by atoms with Crippen LogP contribution in [0.25, 0.3) is 0 Å². The van der Waals surface area contributed by atoms with Crippen molar-refractivity contribution in [2.75, 3.05) is 75.6 Å². The van der Waals surface area contributed by atoms with Crippen LogP contribution in [0, 0.1) is 22.5 Å².